The molecule has 53 heavy (non-hydrogen) atoms. The van der Waals surface area contributed by atoms with E-state index in [4.69, 9.17) is 23.7 Å². The molecule has 2 aromatic carbocycles. The zero-order valence-electron chi connectivity index (χ0n) is 30.2. The molecule has 4 heterocycles. The maximum absolute atomic E-state index is 13.6. The molecule has 0 aromatic heterocycles. The molecule has 3 N–H and O–H groups in total. The van der Waals surface area contributed by atoms with E-state index in [1.165, 1.54) is 48.3 Å². The van der Waals surface area contributed by atoms with E-state index in [0.717, 1.165) is 16.0 Å². The molecule has 1 unspecified atom stereocenters. The molecule has 0 bridgehead atoms. The summed E-state index contributed by atoms with van der Waals surface area (Å²) in [5.41, 5.74) is 2.37. The number of nitrogens with one attached hydrogen (secondary N) is 1. The van der Waals surface area contributed by atoms with Gasteiger partial charge in [0.2, 0.25) is 0 Å². The molecule has 4 atom stereocenters. The fraction of sp³-hybridized carbons (Fsp3) is 0.472. The number of nitrogens with zero attached hydrogens (tertiary/aromatic N) is 3. The number of fused-ring (bicyclic) bond motifs is 4. The zero-order chi connectivity index (χ0) is 38.2. The minimum Gasteiger partial charge on any atom is -0.493 e. The first-order valence-corrected chi connectivity index (χ1v) is 18.8. The molecule has 0 saturated heterocycles. The molecule has 286 valence electrons. The Morgan fingerprint density at radius 2 is 1.38 bits per heavy atom. The number of methoxy groups -OCH3 is 2. The van der Waals surface area contributed by atoms with Crippen LogP contribution < -0.4 is 29.2 Å². The number of carbonyl (C=O) groups excluding carboxylic acids is 3. The minimum absolute atomic E-state index is 0.0707. The molecule has 3 amide bonds. The fourth-order valence-electron chi connectivity index (χ4n) is 7.13. The van der Waals surface area contributed by atoms with Crippen LogP contribution in [0.2, 0.25) is 0 Å². The van der Waals surface area contributed by atoms with E-state index in [1.807, 2.05) is 6.92 Å². The quantitative estimate of drug-likeness (QED) is 0.203. The summed E-state index contributed by atoms with van der Waals surface area (Å²) in [6, 6.07) is 4.49. The standard InChI is InChI=1S/C36H44N4O12S/c1-6-50-36(44)40-25-17-31(29(49-5)15-23(25)34(42)39-19-21(3)13-27(39)35(40)43)52-11-9-7-8-10-51-30-16-24-22(14-28(30)48-4)33(41)38-18-20(2)12-26(38)32(37-24)53(45,46)47/h14-19,26-27,32,35,37,43H,6-13H2,1-5H3,(H,45,46,47)/t26-,27-,32?,35-/m0/s1. The van der Waals surface area contributed by atoms with Crippen molar-refractivity contribution in [2.24, 2.45) is 0 Å². The van der Waals surface area contributed by atoms with Crippen LogP contribution in [0.1, 0.15) is 73.6 Å². The lowest BCUT2D eigenvalue weighted by molar-refractivity contribution is 0.0553. The number of ether oxygens (including phenoxy) is 5. The number of carbonyl (C=O) groups is 3. The summed E-state index contributed by atoms with van der Waals surface area (Å²) in [5, 5.41) is 12.7. The molecule has 6 rings (SSSR count). The number of anilines is 2. The van der Waals surface area contributed by atoms with E-state index in [0.29, 0.717) is 25.7 Å². The molecular formula is C36H44N4O12S. The smallest absolute Gasteiger partial charge is 0.416 e. The van der Waals surface area contributed by atoms with Crippen molar-refractivity contribution in [2.75, 3.05) is 44.3 Å². The maximum Gasteiger partial charge on any atom is 0.416 e. The molecule has 0 fully saturated rings. The number of aliphatic hydroxyl groups is 1. The van der Waals surface area contributed by atoms with Gasteiger partial charge in [-0.05, 0) is 65.0 Å². The van der Waals surface area contributed by atoms with Gasteiger partial charge in [-0.15, -0.1) is 0 Å². The van der Waals surface area contributed by atoms with Crippen molar-refractivity contribution in [2.45, 2.75) is 76.6 Å². The van der Waals surface area contributed by atoms with Crippen LogP contribution in [0.15, 0.2) is 47.8 Å². The highest BCUT2D eigenvalue weighted by molar-refractivity contribution is 7.86. The third-order valence-corrected chi connectivity index (χ3v) is 10.7. The SMILES string of the molecule is CCOC(=O)N1c2cc(OCCCCCOc3cc4c(cc3OC)C(=O)N3C=C(C)C[C@H]3C(S(=O)(=O)O)N4)c(OC)cc2C(=O)N2C=C(C)C[C@H]2[C@@H]1O. The highest BCUT2D eigenvalue weighted by Gasteiger charge is 2.46. The third-order valence-electron chi connectivity index (χ3n) is 9.62. The summed E-state index contributed by atoms with van der Waals surface area (Å²) in [7, 11) is -1.70. The molecule has 4 aliphatic rings. The van der Waals surface area contributed by atoms with E-state index in [1.54, 1.807) is 26.2 Å². The van der Waals surface area contributed by atoms with Gasteiger partial charge in [0.05, 0.1) is 68.6 Å². The zero-order valence-corrected chi connectivity index (χ0v) is 31.0. The molecule has 0 radical (unpaired) electrons. The van der Waals surface area contributed by atoms with Crippen molar-refractivity contribution in [3.8, 4) is 23.0 Å². The molecule has 16 nitrogen and oxygen atoms in total. The summed E-state index contributed by atoms with van der Waals surface area (Å²) >= 11 is 0. The highest BCUT2D eigenvalue weighted by atomic mass is 32.2. The predicted molar refractivity (Wildman–Crippen MR) is 192 cm³/mol. The second kappa shape index (κ2) is 15.2. The van der Waals surface area contributed by atoms with Crippen molar-refractivity contribution in [3.63, 3.8) is 0 Å². The van der Waals surface area contributed by atoms with Crippen molar-refractivity contribution in [1.82, 2.24) is 9.80 Å². The van der Waals surface area contributed by atoms with E-state index >= 15 is 0 Å². The Morgan fingerprint density at radius 1 is 0.830 bits per heavy atom. The van der Waals surface area contributed by atoms with Crippen LogP contribution in [-0.2, 0) is 14.9 Å². The van der Waals surface area contributed by atoms with Gasteiger partial charge in [-0.3, -0.25) is 14.1 Å². The molecule has 0 spiro atoms. The number of hydrogen-bond donors (Lipinski definition) is 3. The highest BCUT2D eigenvalue weighted by Crippen LogP contribution is 2.43. The largest absolute Gasteiger partial charge is 0.493 e. The van der Waals surface area contributed by atoms with Crippen LogP contribution in [0.4, 0.5) is 16.2 Å². The normalized spacial score (nSPS) is 22.0. The number of benzene rings is 2. The second-order valence-corrected chi connectivity index (χ2v) is 14.8. The lowest BCUT2D eigenvalue weighted by Gasteiger charge is -2.31. The Morgan fingerprint density at radius 3 is 1.96 bits per heavy atom. The topological polar surface area (TPSA) is 194 Å². The second-order valence-electron chi connectivity index (χ2n) is 13.3. The summed E-state index contributed by atoms with van der Waals surface area (Å²) in [6.45, 7) is 5.87. The summed E-state index contributed by atoms with van der Waals surface area (Å²) < 4.78 is 63.1. The van der Waals surface area contributed by atoms with Crippen molar-refractivity contribution < 1.29 is 56.1 Å². The van der Waals surface area contributed by atoms with Gasteiger partial charge in [-0.25, -0.2) is 9.69 Å². The van der Waals surface area contributed by atoms with Gasteiger partial charge in [0, 0.05) is 24.5 Å². The Balaban J connectivity index is 1.11. The fourth-order valence-corrected chi connectivity index (χ4v) is 8.03. The minimum atomic E-state index is -4.58. The van der Waals surface area contributed by atoms with Gasteiger partial charge in [-0.2, -0.15) is 8.42 Å². The molecule has 2 aromatic rings. The number of amides is 3. The molecular weight excluding hydrogens is 712 g/mol. The summed E-state index contributed by atoms with van der Waals surface area (Å²) in [6.07, 6.45) is 3.62. The van der Waals surface area contributed by atoms with E-state index in [9.17, 15) is 32.5 Å². The van der Waals surface area contributed by atoms with Gasteiger partial charge in [0.15, 0.2) is 34.6 Å². The monoisotopic (exact) mass is 756 g/mol. The van der Waals surface area contributed by atoms with E-state index in [2.05, 4.69) is 5.32 Å². The molecule has 0 saturated carbocycles. The lowest BCUT2D eigenvalue weighted by Crippen LogP contribution is -2.50. The Hall–Kier alpha value is -5.00. The number of rotatable bonds is 12. The third kappa shape index (κ3) is 7.32. The maximum atomic E-state index is 13.6. The van der Waals surface area contributed by atoms with Crippen LogP contribution in [0.25, 0.3) is 0 Å². The van der Waals surface area contributed by atoms with Gasteiger partial charge < -0.3 is 43.9 Å². The Labute approximate surface area is 307 Å². The Kier molecular flexibility index (Phi) is 10.8. The van der Waals surface area contributed by atoms with E-state index < -0.39 is 51.7 Å². The molecule has 17 heteroatoms. The van der Waals surface area contributed by atoms with Crippen molar-refractivity contribution in [3.05, 3.63) is 58.9 Å². The van der Waals surface area contributed by atoms with Crippen LogP contribution >= 0.6 is 0 Å². The summed E-state index contributed by atoms with van der Waals surface area (Å²) in [4.78, 5) is 44.1. The van der Waals surface area contributed by atoms with Gasteiger partial charge in [0.25, 0.3) is 21.9 Å². The van der Waals surface area contributed by atoms with Crippen LogP contribution in [0.5, 0.6) is 23.0 Å². The van der Waals surface area contributed by atoms with Gasteiger partial charge >= 0.3 is 6.09 Å². The molecule has 4 aliphatic heterocycles. The first-order chi connectivity index (χ1) is 25.3. The summed E-state index contributed by atoms with van der Waals surface area (Å²) in [5.74, 6) is 0.303. The lowest BCUT2D eigenvalue weighted by atomic mass is 10.1. The molecule has 0 aliphatic carbocycles. The van der Waals surface area contributed by atoms with Crippen LogP contribution in [0, 0.1) is 0 Å². The first-order valence-electron chi connectivity index (χ1n) is 17.3. The van der Waals surface area contributed by atoms with Crippen LogP contribution in [0.3, 0.4) is 0 Å². The average Bonchev–Trinajstić information content (AvgIpc) is 3.66. The predicted octanol–water partition coefficient (Wildman–Crippen LogP) is 4.50. The van der Waals surface area contributed by atoms with Gasteiger partial charge in [-0.1, -0.05) is 11.1 Å². The Bertz CT molecular complexity index is 1960. The number of unbranched alkanes of at least 4 members (excludes halogenated alkanes) is 2. The first kappa shape index (κ1) is 37.7. The number of aliphatic hydroxyl groups excluding tert-OH is 1. The van der Waals surface area contributed by atoms with Crippen molar-refractivity contribution >= 4 is 39.4 Å². The average molecular weight is 757 g/mol. The van der Waals surface area contributed by atoms with Crippen molar-refractivity contribution in [1.29, 1.82) is 0 Å². The van der Waals surface area contributed by atoms with E-state index in [-0.39, 0.29) is 71.7 Å². The van der Waals surface area contributed by atoms with Crippen LogP contribution in [-0.4, -0.2) is 104 Å². The number of hydrogen-bond acceptors (Lipinski definition) is 12. The van der Waals surface area contributed by atoms with Gasteiger partial charge in [0.1, 0.15) is 0 Å².